The number of nitrogens with zero attached hydrogens (tertiary/aromatic N) is 2. The molecule has 5 rings (SSSR count). The maximum absolute atomic E-state index is 13.7. The summed E-state index contributed by atoms with van der Waals surface area (Å²) < 4.78 is 5.30. The van der Waals surface area contributed by atoms with Crippen LogP contribution in [0.1, 0.15) is 17.2 Å². The first-order chi connectivity index (χ1) is 15.7. The lowest BCUT2D eigenvalue weighted by atomic mass is 9.92. The number of hydroxylamine groups is 1. The molecule has 0 aliphatic carbocycles. The molecule has 6 heteroatoms. The summed E-state index contributed by atoms with van der Waals surface area (Å²) in [6.45, 7) is 0.389. The van der Waals surface area contributed by atoms with E-state index >= 15 is 0 Å². The quantitative estimate of drug-likeness (QED) is 0.603. The van der Waals surface area contributed by atoms with E-state index < -0.39 is 12.0 Å². The Morgan fingerprint density at radius 1 is 0.844 bits per heavy atom. The van der Waals surface area contributed by atoms with Crippen LogP contribution in [0.2, 0.25) is 0 Å². The Bertz CT molecular complexity index is 1070. The summed E-state index contributed by atoms with van der Waals surface area (Å²) in [5, 5.41) is 1.78. The number of cyclic esters (lactones) is 1. The molecule has 0 saturated carbocycles. The zero-order valence-electron chi connectivity index (χ0n) is 17.5. The average Bonchev–Trinajstić information content (AvgIpc) is 3.44. The van der Waals surface area contributed by atoms with E-state index in [4.69, 9.17) is 9.57 Å². The van der Waals surface area contributed by atoms with Crippen molar-refractivity contribution in [2.45, 2.75) is 18.5 Å². The average molecular weight is 428 g/mol. The van der Waals surface area contributed by atoms with E-state index in [-0.39, 0.29) is 31.2 Å². The highest BCUT2D eigenvalue weighted by molar-refractivity contribution is 5.95. The van der Waals surface area contributed by atoms with Crippen LogP contribution in [0, 0.1) is 5.92 Å². The Morgan fingerprint density at radius 3 is 2.16 bits per heavy atom. The lowest BCUT2D eigenvalue weighted by Crippen LogP contribution is -2.45. The Labute approximate surface area is 186 Å². The fraction of sp³-hybridized carbons (Fsp3) is 0.231. The molecule has 0 N–H and O–H groups in total. The second-order valence-electron chi connectivity index (χ2n) is 8.05. The van der Waals surface area contributed by atoms with Crippen LogP contribution in [-0.4, -0.2) is 36.2 Å². The van der Waals surface area contributed by atoms with Crippen LogP contribution in [0.25, 0.3) is 0 Å². The predicted molar refractivity (Wildman–Crippen MR) is 120 cm³/mol. The van der Waals surface area contributed by atoms with Gasteiger partial charge in [-0.3, -0.25) is 9.63 Å². The van der Waals surface area contributed by atoms with E-state index in [9.17, 15) is 9.59 Å². The van der Waals surface area contributed by atoms with Crippen LogP contribution in [0.4, 0.5) is 10.5 Å². The number of imide groups is 1. The van der Waals surface area contributed by atoms with Crippen LogP contribution in [-0.2, 0) is 20.8 Å². The summed E-state index contributed by atoms with van der Waals surface area (Å²) in [5.74, 6) is -0.803. The molecule has 32 heavy (non-hydrogen) atoms. The van der Waals surface area contributed by atoms with Gasteiger partial charge in [0.05, 0.1) is 30.3 Å². The van der Waals surface area contributed by atoms with Crippen LogP contribution in [0.15, 0.2) is 91.0 Å². The van der Waals surface area contributed by atoms with Crippen molar-refractivity contribution in [2.75, 3.05) is 18.3 Å². The van der Waals surface area contributed by atoms with Gasteiger partial charge in [-0.1, -0.05) is 78.9 Å². The highest BCUT2D eigenvalue weighted by Crippen LogP contribution is 2.40. The SMILES string of the molecule is O=C1OC[C@H](Cc2ccccc2)N1C(=O)[C@H]1CON(c2ccccc2)[C@H]1c1ccccc1. The molecule has 2 saturated heterocycles. The summed E-state index contributed by atoms with van der Waals surface area (Å²) in [5.41, 5.74) is 2.88. The first-order valence-electron chi connectivity index (χ1n) is 10.8. The van der Waals surface area contributed by atoms with E-state index in [2.05, 4.69) is 0 Å². The van der Waals surface area contributed by atoms with Gasteiger partial charge in [0.2, 0.25) is 5.91 Å². The molecule has 3 aromatic rings. The topological polar surface area (TPSA) is 59.1 Å². The van der Waals surface area contributed by atoms with Crippen LogP contribution < -0.4 is 5.06 Å². The molecule has 6 nitrogen and oxygen atoms in total. The van der Waals surface area contributed by atoms with Gasteiger partial charge in [0.1, 0.15) is 6.61 Å². The van der Waals surface area contributed by atoms with Crippen molar-refractivity contribution < 1.29 is 19.2 Å². The monoisotopic (exact) mass is 428 g/mol. The zero-order valence-corrected chi connectivity index (χ0v) is 17.5. The lowest BCUT2D eigenvalue weighted by Gasteiger charge is -2.29. The molecule has 0 radical (unpaired) electrons. The number of benzene rings is 3. The Balaban J connectivity index is 1.45. The van der Waals surface area contributed by atoms with Gasteiger partial charge in [-0.15, -0.1) is 0 Å². The van der Waals surface area contributed by atoms with Crippen molar-refractivity contribution in [1.29, 1.82) is 0 Å². The van der Waals surface area contributed by atoms with E-state index in [0.29, 0.717) is 6.42 Å². The van der Waals surface area contributed by atoms with Crippen LogP contribution in [0.3, 0.4) is 0 Å². The first-order valence-corrected chi connectivity index (χ1v) is 10.8. The largest absolute Gasteiger partial charge is 0.447 e. The first kappa shape index (κ1) is 20.3. The number of para-hydroxylation sites is 1. The molecule has 2 amide bonds. The molecule has 2 aliphatic rings. The fourth-order valence-electron chi connectivity index (χ4n) is 4.48. The zero-order chi connectivity index (χ0) is 21.9. The van der Waals surface area contributed by atoms with E-state index in [1.807, 2.05) is 91.0 Å². The molecule has 2 fully saturated rings. The standard InChI is InChI=1S/C26H24N2O4/c29-25(27-22(17-31-26(27)30)16-19-10-4-1-5-11-19)23-18-32-28(21-14-8-3-9-15-21)24(23)20-12-6-2-7-13-20/h1-15,22-24H,16-18H2/t22-,23-,24-/m0/s1. The molecule has 2 aliphatic heterocycles. The molecule has 0 unspecified atom stereocenters. The van der Waals surface area contributed by atoms with Gasteiger partial charge < -0.3 is 4.74 Å². The molecule has 2 heterocycles. The lowest BCUT2D eigenvalue weighted by molar-refractivity contribution is -0.133. The van der Waals surface area contributed by atoms with E-state index in [1.165, 1.54) is 4.90 Å². The number of carbonyl (C=O) groups is 2. The number of ether oxygens (including phenoxy) is 1. The second kappa shape index (κ2) is 8.85. The number of carbonyl (C=O) groups excluding carboxylic acids is 2. The highest BCUT2D eigenvalue weighted by atomic mass is 16.7. The van der Waals surface area contributed by atoms with Crippen molar-refractivity contribution in [3.8, 4) is 0 Å². The molecular weight excluding hydrogens is 404 g/mol. The van der Waals surface area contributed by atoms with Gasteiger partial charge in [-0.2, -0.15) is 0 Å². The normalized spacial score (nSPS) is 22.8. The molecule has 3 aromatic carbocycles. The number of hydrogen-bond donors (Lipinski definition) is 0. The van der Waals surface area contributed by atoms with Crippen LogP contribution >= 0.6 is 0 Å². The van der Waals surface area contributed by atoms with Gasteiger partial charge in [0.15, 0.2) is 0 Å². The van der Waals surface area contributed by atoms with Gasteiger partial charge in [-0.05, 0) is 29.7 Å². The minimum atomic E-state index is -0.582. The third-order valence-electron chi connectivity index (χ3n) is 6.01. The number of hydrogen-bond acceptors (Lipinski definition) is 5. The fourth-order valence-corrected chi connectivity index (χ4v) is 4.48. The van der Waals surface area contributed by atoms with E-state index in [1.54, 1.807) is 5.06 Å². The molecular formula is C26H24N2O4. The third-order valence-corrected chi connectivity index (χ3v) is 6.01. The number of rotatable bonds is 5. The smallest absolute Gasteiger partial charge is 0.416 e. The summed E-state index contributed by atoms with van der Waals surface area (Å²) in [6.07, 6.45) is -0.0227. The minimum absolute atomic E-state index is 0.190. The van der Waals surface area contributed by atoms with Gasteiger partial charge in [0.25, 0.3) is 0 Å². The third kappa shape index (κ3) is 3.85. The van der Waals surface area contributed by atoms with Gasteiger partial charge >= 0.3 is 6.09 Å². The van der Waals surface area contributed by atoms with Crippen molar-refractivity contribution >= 4 is 17.7 Å². The van der Waals surface area contributed by atoms with Crippen molar-refractivity contribution in [2.24, 2.45) is 5.92 Å². The highest BCUT2D eigenvalue weighted by Gasteiger charge is 2.48. The Kier molecular flexibility index (Phi) is 5.60. The van der Waals surface area contributed by atoms with E-state index in [0.717, 1.165) is 16.8 Å². The molecule has 0 aromatic heterocycles. The molecule has 162 valence electrons. The summed E-state index contributed by atoms with van der Waals surface area (Å²) in [7, 11) is 0. The van der Waals surface area contributed by atoms with Crippen LogP contribution in [0.5, 0.6) is 0 Å². The summed E-state index contributed by atoms with van der Waals surface area (Å²) >= 11 is 0. The maximum Gasteiger partial charge on any atom is 0.416 e. The summed E-state index contributed by atoms with van der Waals surface area (Å²) in [6, 6.07) is 28.7. The Morgan fingerprint density at radius 2 is 1.47 bits per heavy atom. The summed E-state index contributed by atoms with van der Waals surface area (Å²) in [4.78, 5) is 33.7. The van der Waals surface area contributed by atoms with Crippen molar-refractivity contribution in [1.82, 2.24) is 4.90 Å². The minimum Gasteiger partial charge on any atom is -0.447 e. The number of amides is 2. The number of anilines is 1. The van der Waals surface area contributed by atoms with Crippen molar-refractivity contribution in [3.05, 3.63) is 102 Å². The van der Waals surface area contributed by atoms with Crippen molar-refractivity contribution in [3.63, 3.8) is 0 Å². The van der Waals surface area contributed by atoms with Gasteiger partial charge in [-0.25, -0.2) is 14.8 Å². The van der Waals surface area contributed by atoms with Gasteiger partial charge in [0, 0.05) is 0 Å². The molecule has 0 spiro atoms. The maximum atomic E-state index is 13.7. The molecule has 3 atom stereocenters. The Hall–Kier alpha value is -3.64. The predicted octanol–water partition coefficient (Wildman–Crippen LogP) is 4.39. The molecule has 0 bridgehead atoms. The second-order valence-corrected chi connectivity index (χ2v) is 8.05.